The SMILES string of the molecule is Cc1ccc(Cl)c2sc(N(CCCn3ccnc3)C(=O)C3CCCC3)nc12. The molecule has 27 heavy (non-hydrogen) atoms. The van der Waals surface area contributed by atoms with Crippen molar-refractivity contribution in [3.63, 3.8) is 0 Å². The standard InChI is InChI=1S/C20H23ClN4OS/c1-14-7-8-16(21)18-17(14)23-20(27-18)25(19(26)15-5-2-3-6-15)11-4-10-24-12-9-22-13-24/h7-9,12-13,15H,2-6,10-11H2,1H3. The minimum atomic E-state index is 0.127. The lowest BCUT2D eigenvalue weighted by Gasteiger charge is -2.23. The van der Waals surface area contributed by atoms with E-state index in [1.54, 1.807) is 6.20 Å². The summed E-state index contributed by atoms with van der Waals surface area (Å²) >= 11 is 7.91. The van der Waals surface area contributed by atoms with E-state index in [-0.39, 0.29) is 11.8 Å². The van der Waals surface area contributed by atoms with Crippen molar-refractivity contribution in [3.8, 4) is 0 Å². The summed E-state index contributed by atoms with van der Waals surface area (Å²) in [5.74, 6) is 0.341. The molecule has 1 aromatic carbocycles. The van der Waals surface area contributed by atoms with Gasteiger partial charge in [0.05, 0.1) is 21.6 Å². The maximum Gasteiger partial charge on any atom is 0.231 e. The Bertz CT molecular complexity index is 892. The molecule has 2 heterocycles. The number of amides is 1. The lowest BCUT2D eigenvalue weighted by atomic mass is 10.1. The summed E-state index contributed by atoms with van der Waals surface area (Å²) in [6, 6.07) is 3.89. The molecule has 0 atom stereocenters. The first-order valence-electron chi connectivity index (χ1n) is 9.46. The molecule has 0 aliphatic heterocycles. The summed E-state index contributed by atoms with van der Waals surface area (Å²) in [5, 5.41) is 1.47. The lowest BCUT2D eigenvalue weighted by Crippen LogP contribution is -2.36. The van der Waals surface area contributed by atoms with Crippen LogP contribution in [0.25, 0.3) is 10.2 Å². The molecule has 1 saturated carbocycles. The summed E-state index contributed by atoms with van der Waals surface area (Å²) in [7, 11) is 0. The molecule has 0 saturated heterocycles. The molecular weight excluding hydrogens is 380 g/mol. The number of rotatable bonds is 6. The number of aryl methyl sites for hydroxylation is 2. The van der Waals surface area contributed by atoms with E-state index in [0.29, 0.717) is 11.6 Å². The highest BCUT2D eigenvalue weighted by atomic mass is 35.5. The van der Waals surface area contributed by atoms with Crippen molar-refractivity contribution in [2.45, 2.75) is 45.6 Å². The van der Waals surface area contributed by atoms with E-state index in [0.717, 1.165) is 59.6 Å². The first-order valence-corrected chi connectivity index (χ1v) is 10.7. The fourth-order valence-electron chi connectivity index (χ4n) is 3.73. The third-order valence-corrected chi connectivity index (χ3v) is 6.78. The van der Waals surface area contributed by atoms with Crippen molar-refractivity contribution in [3.05, 3.63) is 41.4 Å². The zero-order chi connectivity index (χ0) is 18.8. The molecule has 1 aliphatic rings. The van der Waals surface area contributed by atoms with Crippen LogP contribution in [0, 0.1) is 12.8 Å². The maximum absolute atomic E-state index is 13.2. The smallest absolute Gasteiger partial charge is 0.231 e. The Labute approximate surface area is 168 Å². The first-order chi connectivity index (χ1) is 13.1. The van der Waals surface area contributed by atoms with Gasteiger partial charge < -0.3 is 4.57 Å². The van der Waals surface area contributed by atoms with Crippen molar-refractivity contribution >= 4 is 44.2 Å². The number of halogens is 1. The van der Waals surface area contributed by atoms with Crippen molar-refractivity contribution < 1.29 is 4.79 Å². The number of nitrogens with zero attached hydrogens (tertiary/aromatic N) is 4. The van der Waals surface area contributed by atoms with Gasteiger partial charge in [-0.1, -0.05) is 41.8 Å². The highest BCUT2D eigenvalue weighted by Gasteiger charge is 2.29. The minimum Gasteiger partial charge on any atom is -0.337 e. The average Bonchev–Trinajstić information content (AvgIpc) is 3.42. The van der Waals surface area contributed by atoms with Crippen LogP contribution in [-0.4, -0.2) is 27.0 Å². The highest BCUT2D eigenvalue weighted by molar-refractivity contribution is 7.23. The molecule has 0 N–H and O–H groups in total. The number of fused-ring (bicyclic) bond motifs is 1. The summed E-state index contributed by atoms with van der Waals surface area (Å²) < 4.78 is 3.00. The Hall–Kier alpha value is -1.92. The fourth-order valence-corrected chi connectivity index (χ4v) is 5.08. The van der Waals surface area contributed by atoms with Gasteiger partial charge in [-0.15, -0.1) is 0 Å². The van der Waals surface area contributed by atoms with Crippen LogP contribution in [0.4, 0.5) is 5.13 Å². The number of aromatic nitrogens is 3. The highest BCUT2D eigenvalue weighted by Crippen LogP contribution is 2.37. The molecular formula is C20H23ClN4OS. The number of imidazole rings is 1. The van der Waals surface area contributed by atoms with Crippen LogP contribution in [0.5, 0.6) is 0 Å². The van der Waals surface area contributed by atoms with E-state index in [1.165, 1.54) is 11.3 Å². The quantitative estimate of drug-likeness (QED) is 0.578. The van der Waals surface area contributed by atoms with Crippen LogP contribution in [0.3, 0.4) is 0 Å². The number of thiazole rings is 1. The van der Waals surface area contributed by atoms with Crippen LogP contribution in [0.1, 0.15) is 37.7 Å². The van der Waals surface area contributed by atoms with E-state index < -0.39 is 0 Å². The first kappa shape index (κ1) is 18.4. The molecule has 142 valence electrons. The molecule has 4 rings (SSSR count). The molecule has 0 unspecified atom stereocenters. The Morgan fingerprint density at radius 1 is 1.37 bits per heavy atom. The normalized spacial score (nSPS) is 14.9. The molecule has 1 aliphatic carbocycles. The van der Waals surface area contributed by atoms with Gasteiger partial charge in [-0.3, -0.25) is 9.69 Å². The van der Waals surface area contributed by atoms with Crippen LogP contribution < -0.4 is 4.90 Å². The topological polar surface area (TPSA) is 51.0 Å². The molecule has 1 amide bonds. The molecule has 0 radical (unpaired) electrons. The van der Waals surface area contributed by atoms with Gasteiger partial charge in [0.1, 0.15) is 0 Å². The zero-order valence-electron chi connectivity index (χ0n) is 15.4. The predicted molar refractivity (Wildman–Crippen MR) is 111 cm³/mol. The predicted octanol–water partition coefficient (Wildman–Crippen LogP) is 5.07. The Morgan fingerprint density at radius 3 is 2.89 bits per heavy atom. The van der Waals surface area contributed by atoms with Crippen LogP contribution >= 0.6 is 22.9 Å². The summed E-state index contributed by atoms with van der Waals surface area (Å²) in [6.45, 7) is 3.52. The van der Waals surface area contributed by atoms with Gasteiger partial charge in [-0.2, -0.15) is 0 Å². The molecule has 1 fully saturated rings. The van der Waals surface area contributed by atoms with Gasteiger partial charge in [0, 0.05) is 31.4 Å². The maximum atomic E-state index is 13.2. The molecule has 0 spiro atoms. The van der Waals surface area contributed by atoms with Gasteiger partial charge in [-0.25, -0.2) is 9.97 Å². The average molecular weight is 403 g/mol. The lowest BCUT2D eigenvalue weighted by molar-refractivity contribution is -0.122. The third-order valence-electron chi connectivity index (χ3n) is 5.24. The number of benzene rings is 1. The summed E-state index contributed by atoms with van der Waals surface area (Å²) in [5.41, 5.74) is 1.99. The second-order valence-electron chi connectivity index (χ2n) is 7.16. The zero-order valence-corrected chi connectivity index (χ0v) is 17.0. The van der Waals surface area contributed by atoms with Crippen LogP contribution in [-0.2, 0) is 11.3 Å². The van der Waals surface area contributed by atoms with Gasteiger partial charge in [0.25, 0.3) is 0 Å². The molecule has 2 aromatic heterocycles. The number of hydrogen-bond donors (Lipinski definition) is 0. The van der Waals surface area contributed by atoms with E-state index >= 15 is 0 Å². The Kier molecular flexibility index (Phi) is 5.45. The number of carbonyl (C=O) groups is 1. The minimum absolute atomic E-state index is 0.127. The summed E-state index contributed by atoms with van der Waals surface area (Å²) in [6.07, 6.45) is 10.7. The largest absolute Gasteiger partial charge is 0.337 e. The Balaban J connectivity index is 1.61. The van der Waals surface area contributed by atoms with Crippen molar-refractivity contribution in [2.24, 2.45) is 5.92 Å². The van der Waals surface area contributed by atoms with Crippen LogP contribution in [0.15, 0.2) is 30.9 Å². The summed E-state index contributed by atoms with van der Waals surface area (Å²) in [4.78, 5) is 24.0. The van der Waals surface area contributed by atoms with Gasteiger partial charge in [-0.05, 0) is 37.8 Å². The fraction of sp³-hybridized carbons (Fsp3) is 0.450. The van der Waals surface area contributed by atoms with E-state index in [1.807, 2.05) is 41.0 Å². The third kappa shape index (κ3) is 3.87. The number of carbonyl (C=O) groups excluding carboxylic acids is 1. The monoisotopic (exact) mass is 402 g/mol. The van der Waals surface area contributed by atoms with Crippen molar-refractivity contribution in [1.29, 1.82) is 0 Å². The molecule has 7 heteroatoms. The van der Waals surface area contributed by atoms with E-state index in [2.05, 4.69) is 4.98 Å². The van der Waals surface area contributed by atoms with Crippen molar-refractivity contribution in [2.75, 3.05) is 11.4 Å². The number of hydrogen-bond acceptors (Lipinski definition) is 4. The van der Waals surface area contributed by atoms with Gasteiger partial charge in [0.15, 0.2) is 5.13 Å². The molecule has 5 nitrogen and oxygen atoms in total. The molecule has 0 bridgehead atoms. The van der Waals surface area contributed by atoms with Gasteiger partial charge >= 0.3 is 0 Å². The second kappa shape index (κ2) is 7.98. The van der Waals surface area contributed by atoms with Gasteiger partial charge in [0.2, 0.25) is 5.91 Å². The number of anilines is 1. The second-order valence-corrected chi connectivity index (χ2v) is 8.55. The van der Waals surface area contributed by atoms with Crippen LogP contribution in [0.2, 0.25) is 5.02 Å². The molecule has 3 aromatic rings. The van der Waals surface area contributed by atoms with E-state index in [9.17, 15) is 4.79 Å². The van der Waals surface area contributed by atoms with E-state index in [4.69, 9.17) is 16.6 Å². The van der Waals surface area contributed by atoms with Crippen molar-refractivity contribution in [1.82, 2.24) is 14.5 Å². The Morgan fingerprint density at radius 2 is 2.19 bits per heavy atom.